The van der Waals surface area contributed by atoms with Crippen LogP contribution in [0.4, 0.5) is 0 Å². The normalized spacial score (nSPS) is 14.5. The number of rotatable bonds is 8. The molecule has 0 aliphatic heterocycles. The van der Waals surface area contributed by atoms with E-state index >= 15 is 0 Å². The first-order valence-electron chi connectivity index (χ1n) is 8.91. The number of aliphatic hydroxyl groups is 1. The number of aliphatic hydroxyl groups excluding tert-OH is 1. The summed E-state index contributed by atoms with van der Waals surface area (Å²) in [5.74, 6) is 0. The highest BCUT2D eigenvalue weighted by Crippen LogP contribution is 2.29. The third-order valence-electron chi connectivity index (χ3n) is 4.81. The van der Waals surface area contributed by atoms with E-state index in [1.165, 1.54) is 10.8 Å². The fourth-order valence-corrected chi connectivity index (χ4v) is 3.76. The molecule has 0 saturated heterocycles. The topological polar surface area (TPSA) is 75.6 Å². The summed E-state index contributed by atoms with van der Waals surface area (Å²) in [6.07, 6.45) is 1.41. The average molecular weight is 388 g/mol. The van der Waals surface area contributed by atoms with E-state index in [0.717, 1.165) is 22.6 Å². The van der Waals surface area contributed by atoms with Gasteiger partial charge in [0.15, 0.2) is 0 Å². The molecule has 27 heavy (non-hydrogen) atoms. The van der Waals surface area contributed by atoms with Crippen molar-refractivity contribution >= 4 is 31.7 Å². The molecule has 0 bridgehead atoms. The summed E-state index contributed by atoms with van der Waals surface area (Å²) in [6.45, 7) is 2.31. The molecule has 6 heteroatoms. The fraction of sp³-hybridized carbons (Fsp3) is 0.333. The van der Waals surface area contributed by atoms with Crippen molar-refractivity contribution in [3.05, 3.63) is 60.2 Å². The summed E-state index contributed by atoms with van der Waals surface area (Å²) in [7, 11) is -3.54. The van der Waals surface area contributed by atoms with Gasteiger partial charge in [-0.2, -0.15) is 8.42 Å². The first-order chi connectivity index (χ1) is 12.8. The van der Waals surface area contributed by atoms with Gasteiger partial charge >= 0.3 is 0 Å². The summed E-state index contributed by atoms with van der Waals surface area (Å²) in [4.78, 5) is 0. The molecule has 1 atom stereocenters. The largest absolute Gasteiger partial charge is 0.396 e. The van der Waals surface area contributed by atoms with Gasteiger partial charge in [-0.1, -0.05) is 48.5 Å². The van der Waals surface area contributed by atoms with Gasteiger partial charge in [0, 0.05) is 18.7 Å². The Bertz CT molecular complexity index is 1050. The lowest BCUT2D eigenvalue weighted by atomic mass is 9.95. The second kappa shape index (κ2) is 7.94. The molecule has 3 aromatic rings. The zero-order valence-electron chi connectivity index (χ0n) is 15.6. The van der Waals surface area contributed by atoms with Crippen LogP contribution in [0.1, 0.15) is 18.9 Å². The second-order valence-electron chi connectivity index (χ2n) is 7.16. The SMILES string of the molecule is CC(CCO)(COS(C)(=O)=O)NCc1cc2ccccc2c2ccccc12. The number of hydrogen-bond acceptors (Lipinski definition) is 5. The van der Waals surface area contributed by atoms with Gasteiger partial charge in [0.1, 0.15) is 0 Å². The minimum Gasteiger partial charge on any atom is -0.396 e. The lowest BCUT2D eigenvalue weighted by Gasteiger charge is -2.30. The highest BCUT2D eigenvalue weighted by Gasteiger charge is 2.26. The summed E-state index contributed by atoms with van der Waals surface area (Å²) in [5.41, 5.74) is 0.456. The van der Waals surface area contributed by atoms with E-state index in [9.17, 15) is 13.5 Å². The van der Waals surface area contributed by atoms with Crippen molar-refractivity contribution in [3.8, 4) is 0 Å². The molecule has 0 fully saturated rings. The number of benzene rings is 3. The Morgan fingerprint density at radius 2 is 1.67 bits per heavy atom. The smallest absolute Gasteiger partial charge is 0.264 e. The summed E-state index contributed by atoms with van der Waals surface area (Å²) < 4.78 is 27.7. The molecule has 1 unspecified atom stereocenters. The maximum Gasteiger partial charge on any atom is 0.264 e. The van der Waals surface area contributed by atoms with Crippen molar-refractivity contribution in [2.75, 3.05) is 19.5 Å². The zero-order valence-corrected chi connectivity index (χ0v) is 16.4. The molecule has 0 amide bonds. The van der Waals surface area contributed by atoms with Crippen LogP contribution in [0.15, 0.2) is 54.6 Å². The zero-order chi connectivity index (χ0) is 19.5. The Balaban J connectivity index is 1.92. The molecule has 0 aliphatic carbocycles. The lowest BCUT2D eigenvalue weighted by molar-refractivity contribution is 0.155. The van der Waals surface area contributed by atoms with Crippen LogP contribution < -0.4 is 5.32 Å². The van der Waals surface area contributed by atoms with Crippen molar-refractivity contribution in [3.63, 3.8) is 0 Å². The maximum absolute atomic E-state index is 11.4. The van der Waals surface area contributed by atoms with E-state index in [1.54, 1.807) is 0 Å². The van der Waals surface area contributed by atoms with Gasteiger partial charge < -0.3 is 10.4 Å². The first-order valence-corrected chi connectivity index (χ1v) is 10.7. The molecule has 3 aromatic carbocycles. The van der Waals surface area contributed by atoms with Gasteiger partial charge in [0.25, 0.3) is 10.1 Å². The van der Waals surface area contributed by atoms with Crippen molar-refractivity contribution < 1.29 is 17.7 Å². The van der Waals surface area contributed by atoms with Crippen LogP contribution in [0, 0.1) is 0 Å². The minimum absolute atomic E-state index is 0.0299. The second-order valence-corrected chi connectivity index (χ2v) is 8.80. The van der Waals surface area contributed by atoms with Gasteiger partial charge in [-0.3, -0.25) is 4.18 Å². The Morgan fingerprint density at radius 3 is 2.33 bits per heavy atom. The molecular weight excluding hydrogens is 362 g/mol. The fourth-order valence-electron chi connectivity index (χ4n) is 3.28. The Kier molecular flexibility index (Phi) is 5.81. The number of fused-ring (bicyclic) bond motifs is 3. The highest BCUT2D eigenvalue weighted by atomic mass is 32.2. The third kappa shape index (κ3) is 4.84. The van der Waals surface area contributed by atoms with E-state index in [4.69, 9.17) is 4.18 Å². The van der Waals surface area contributed by atoms with Gasteiger partial charge in [0.2, 0.25) is 0 Å². The molecule has 0 saturated carbocycles. The van der Waals surface area contributed by atoms with Crippen molar-refractivity contribution in [1.82, 2.24) is 5.32 Å². The molecule has 144 valence electrons. The van der Waals surface area contributed by atoms with Crippen LogP contribution in [0.25, 0.3) is 21.5 Å². The van der Waals surface area contributed by atoms with Gasteiger partial charge in [0.05, 0.1) is 12.9 Å². The quantitative estimate of drug-likeness (QED) is 0.459. The van der Waals surface area contributed by atoms with E-state index in [2.05, 4.69) is 35.6 Å². The third-order valence-corrected chi connectivity index (χ3v) is 5.36. The Morgan fingerprint density at radius 1 is 1.04 bits per heavy atom. The summed E-state index contributed by atoms with van der Waals surface area (Å²) >= 11 is 0. The average Bonchev–Trinajstić information content (AvgIpc) is 2.64. The van der Waals surface area contributed by atoms with Gasteiger partial charge in [-0.25, -0.2) is 0 Å². The Labute approximate surface area is 160 Å². The van der Waals surface area contributed by atoms with E-state index in [-0.39, 0.29) is 13.2 Å². The summed E-state index contributed by atoms with van der Waals surface area (Å²) in [5, 5.41) is 17.5. The standard InChI is InChI=1S/C21H25NO4S/c1-21(11-12-23,15-26-27(2,24)25)22-14-17-13-16-7-3-4-8-18(16)20-10-6-5-9-19(17)20/h3-10,13,22-23H,11-12,14-15H2,1-2H3. The van der Waals surface area contributed by atoms with Crippen LogP contribution in [-0.2, 0) is 20.8 Å². The van der Waals surface area contributed by atoms with E-state index in [0.29, 0.717) is 13.0 Å². The lowest BCUT2D eigenvalue weighted by Crippen LogP contribution is -2.47. The maximum atomic E-state index is 11.4. The number of nitrogens with one attached hydrogen (secondary N) is 1. The Hall–Kier alpha value is -1.99. The van der Waals surface area contributed by atoms with Crippen LogP contribution in [0.3, 0.4) is 0 Å². The monoisotopic (exact) mass is 387 g/mol. The molecule has 0 heterocycles. The van der Waals surface area contributed by atoms with Crippen LogP contribution >= 0.6 is 0 Å². The van der Waals surface area contributed by atoms with Crippen LogP contribution in [-0.4, -0.2) is 38.5 Å². The molecule has 0 aromatic heterocycles. The van der Waals surface area contributed by atoms with E-state index < -0.39 is 15.7 Å². The molecule has 0 spiro atoms. The molecule has 0 radical (unpaired) electrons. The van der Waals surface area contributed by atoms with Crippen molar-refractivity contribution in [1.29, 1.82) is 0 Å². The first kappa shape index (κ1) is 19.8. The molecule has 2 N–H and O–H groups in total. The predicted molar refractivity (Wildman–Crippen MR) is 109 cm³/mol. The molecule has 3 rings (SSSR count). The van der Waals surface area contributed by atoms with Gasteiger partial charge in [-0.05, 0) is 46.5 Å². The number of hydrogen-bond donors (Lipinski definition) is 2. The summed E-state index contributed by atoms with van der Waals surface area (Å²) in [6, 6.07) is 18.7. The van der Waals surface area contributed by atoms with E-state index in [1.807, 2.05) is 31.2 Å². The van der Waals surface area contributed by atoms with Crippen molar-refractivity contribution in [2.24, 2.45) is 0 Å². The predicted octanol–water partition coefficient (Wildman–Crippen LogP) is 3.20. The minimum atomic E-state index is -3.54. The van der Waals surface area contributed by atoms with Gasteiger partial charge in [-0.15, -0.1) is 0 Å². The van der Waals surface area contributed by atoms with Crippen molar-refractivity contribution in [2.45, 2.75) is 25.4 Å². The highest BCUT2D eigenvalue weighted by molar-refractivity contribution is 7.85. The van der Waals surface area contributed by atoms with Crippen LogP contribution in [0.2, 0.25) is 0 Å². The molecule has 5 nitrogen and oxygen atoms in total. The molecular formula is C21H25NO4S. The van der Waals surface area contributed by atoms with Crippen LogP contribution in [0.5, 0.6) is 0 Å². The molecule has 0 aliphatic rings.